The van der Waals surface area contributed by atoms with E-state index in [2.05, 4.69) is 10.1 Å². The Balaban J connectivity index is 2.01. The maximum atomic E-state index is 12.4. The van der Waals surface area contributed by atoms with Crippen LogP contribution >= 0.6 is 0 Å². The number of methoxy groups -OCH3 is 1. The van der Waals surface area contributed by atoms with Gasteiger partial charge >= 0.3 is 6.61 Å². The maximum absolute atomic E-state index is 12.4. The molecule has 1 aromatic carbocycles. The summed E-state index contributed by atoms with van der Waals surface area (Å²) in [5.41, 5.74) is 0.357. The number of rotatable bonds is 7. The number of hydrogen-bond donors (Lipinski definition) is 1. The van der Waals surface area contributed by atoms with E-state index in [-0.39, 0.29) is 17.4 Å². The normalized spacial score (nSPS) is 23.5. The molecule has 0 saturated carbocycles. The molecule has 0 spiro atoms. The molecule has 0 aromatic heterocycles. The van der Waals surface area contributed by atoms with Crippen molar-refractivity contribution in [2.75, 3.05) is 26.9 Å². The highest BCUT2D eigenvalue weighted by Gasteiger charge is 2.35. The van der Waals surface area contributed by atoms with Gasteiger partial charge in [0.25, 0.3) is 0 Å². The minimum Gasteiger partial charge on any atom is -0.434 e. The lowest BCUT2D eigenvalue weighted by atomic mass is 10.0. The van der Waals surface area contributed by atoms with E-state index in [4.69, 9.17) is 9.47 Å². The van der Waals surface area contributed by atoms with Crippen LogP contribution < -0.4 is 10.1 Å². The van der Waals surface area contributed by atoms with E-state index in [9.17, 15) is 8.78 Å². The van der Waals surface area contributed by atoms with Crippen molar-refractivity contribution in [3.63, 3.8) is 0 Å². The molecule has 1 saturated heterocycles. The van der Waals surface area contributed by atoms with E-state index in [0.717, 1.165) is 6.42 Å². The van der Waals surface area contributed by atoms with Crippen LogP contribution in [0.15, 0.2) is 24.3 Å². The molecule has 0 radical (unpaired) electrons. The van der Waals surface area contributed by atoms with E-state index in [0.29, 0.717) is 25.3 Å². The van der Waals surface area contributed by atoms with Gasteiger partial charge in [-0.25, -0.2) is 0 Å². The standard InChI is InChI=1S/C15H21F2NO3/c1-11(18-9-15(19-2)7-8-20-10-15)12-5-3-4-6-13(12)21-14(16)17/h3-6,11,14,18H,7-10H2,1-2H3. The summed E-state index contributed by atoms with van der Waals surface area (Å²) >= 11 is 0. The lowest BCUT2D eigenvalue weighted by Gasteiger charge is -2.28. The van der Waals surface area contributed by atoms with Crippen molar-refractivity contribution in [3.05, 3.63) is 29.8 Å². The molecule has 2 atom stereocenters. The third-order valence-electron chi connectivity index (χ3n) is 3.83. The molecule has 0 aliphatic carbocycles. The van der Waals surface area contributed by atoms with Crippen molar-refractivity contribution in [1.29, 1.82) is 0 Å². The van der Waals surface area contributed by atoms with Gasteiger partial charge < -0.3 is 19.5 Å². The molecular weight excluding hydrogens is 280 g/mol. The summed E-state index contributed by atoms with van der Waals surface area (Å²) in [7, 11) is 1.66. The Labute approximate surface area is 123 Å². The Morgan fingerprint density at radius 3 is 2.76 bits per heavy atom. The second-order valence-electron chi connectivity index (χ2n) is 5.21. The van der Waals surface area contributed by atoms with Gasteiger partial charge in [0.2, 0.25) is 0 Å². The van der Waals surface area contributed by atoms with Crippen LogP contribution in [0.5, 0.6) is 5.75 Å². The first-order chi connectivity index (χ1) is 10.1. The molecule has 6 heteroatoms. The van der Waals surface area contributed by atoms with E-state index in [1.165, 1.54) is 0 Å². The minimum atomic E-state index is -2.83. The fourth-order valence-electron chi connectivity index (χ4n) is 2.45. The first-order valence-electron chi connectivity index (χ1n) is 6.96. The number of hydrogen-bond acceptors (Lipinski definition) is 4. The van der Waals surface area contributed by atoms with Crippen molar-refractivity contribution in [3.8, 4) is 5.75 Å². The topological polar surface area (TPSA) is 39.7 Å². The predicted molar refractivity (Wildman–Crippen MR) is 74.7 cm³/mol. The molecule has 118 valence electrons. The molecule has 1 aromatic rings. The zero-order valence-electron chi connectivity index (χ0n) is 12.3. The van der Waals surface area contributed by atoms with E-state index < -0.39 is 6.61 Å². The average Bonchev–Trinajstić information content (AvgIpc) is 2.94. The second-order valence-corrected chi connectivity index (χ2v) is 5.21. The average molecular weight is 301 g/mol. The highest BCUT2D eigenvalue weighted by atomic mass is 19.3. The Kier molecular flexibility index (Phi) is 5.50. The van der Waals surface area contributed by atoms with Crippen LogP contribution in [0.25, 0.3) is 0 Å². The number of benzene rings is 1. The molecule has 2 rings (SSSR count). The molecular formula is C15H21F2NO3. The highest BCUT2D eigenvalue weighted by molar-refractivity contribution is 5.35. The van der Waals surface area contributed by atoms with Crippen LogP contribution in [-0.4, -0.2) is 39.1 Å². The van der Waals surface area contributed by atoms with Gasteiger partial charge in [0.05, 0.1) is 6.61 Å². The van der Waals surface area contributed by atoms with Crippen molar-refractivity contribution in [2.45, 2.75) is 31.6 Å². The summed E-state index contributed by atoms with van der Waals surface area (Å²) in [6.45, 7) is 0.889. The minimum absolute atomic E-state index is 0.132. The summed E-state index contributed by atoms with van der Waals surface area (Å²) in [6, 6.07) is 6.67. The van der Waals surface area contributed by atoms with Gasteiger partial charge in [0.1, 0.15) is 11.4 Å². The van der Waals surface area contributed by atoms with Gasteiger partial charge in [0, 0.05) is 38.3 Å². The Morgan fingerprint density at radius 1 is 1.38 bits per heavy atom. The van der Waals surface area contributed by atoms with Crippen LogP contribution in [0.3, 0.4) is 0 Å². The molecule has 1 fully saturated rings. The van der Waals surface area contributed by atoms with Crippen molar-refractivity contribution < 1.29 is 23.0 Å². The summed E-state index contributed by atoms with van der Waals surface area (Å²) in [4.78, 5) is 0. The molecule has 2 unspecified atom stereocenters. The van der Waals surface area contributed by atoms with E-state index >= 15 is 0 Å². The Bertz CT molecular complexity index is 450. The van der Waals surface area contributed by atoms with Gasteiger partial charge in [0.15, 0.2) is 0 Å². The SMILES string of the molecule is COC1(CNC(C)c2ccccc2OC(F)F)CCOC1. The van der Waals surface area contributed by atoms with Crippen molar-refractivity contribution >= 4 is 0 Å². The summed E-state index contributed by atoms with van der Waals surface area (Å²) in [6.07, 6.45) is 0.818. The largest absolute Gasteiger partial charge is 0.434 e. The van der Waals surface area contributed by atoms with Crippen LogP contribution in [0.4, 0.5) is 8.78 Å². The number of para-hydroxylation sites is 1. The summed E-state index contributed by atoms with van der Waals surface area (Å²) in [5.74, 6) is 0.196. The highest BCUT2D eigenvalue weighted by Crippen LogP contribution is 2.28. The van der Waals surface area contributed by atoms with Gasteiger partial charge in [-0.2, -0.15) is 8.78 Å². The molecule has 4 nitrogen and oxygen atoms in total. The van der Waals surface area contributed by atoms with E-state index in [1.807, 2.05) is 6.92 Å². The lowest BCUT2D eigenvalue weighted by Crippen LogP contribution is -2.43. The quantitative estimate of drug-likeness (QED) is 0.840. The molecule has 1 N–H and O–H groups in total. The molecule has 0 bridgehead atoms. The lowest BCUT2D eigenvalue weighted by molar-refractivity contribution is -0.0508. The maximum Gasteiger partial charge on any atom is 0.387 e. The summed E-state index contributed by atoms with van der Waals surface area (Å²) in [5, 5.41) is 3.32. The zero-order valence-corrected chi connectivity index (χ0v) is 12.3. The van der Waals surface area contributed by atoms with Crippen LogP contribution in [0, 0.1) is 0 Å². The Hall–Kier alpha value is -1.24. The third kappa shape index (κ3) is 4.12. The molecule has 1 aliphatic heterocycles. The number of halogens is 2. The summed E-state index contributed by atoms with van der Waals surface area (Å²) < 4.78 is 40.3. The smallest absolute Gasteiger partial charge is 0.387 e. The molecule has 1 heterocycles. The van der Waals surface area contributed by atoms with Gasteiger partial charge in [-0.05, 0) is 13.0 Å². The zero-order chi connectivity index (χ0) is 15.3. The number of alkyl halides is 2. The van der Waals surface area contributed by atoms with Gasteiger partial charge in [-0.3, -0.25) is 0 Å². The first-order valence-corrected chi connectivity index (χ1v) is 6.96. The second kappa shape index (κ2) is 7.15. The third-order valence-corrected chi connectivity index (χ3v) is 3.83. The predicted octanol–water partition coefficient (Wildman–Crippen LogP) is 2.74. The molecule has 21 heavy (non-hydrogen) atoms. The van der Waals surface area contributed by atoms with Crippen LogP contribution in [0.2, 0.25) is 0 Å². The van der Waals surface area contributed by atoms with E-state index in [1.54, 1.807) is 31.4 Å². The monoisotopic (exact) mass is 301 g/mol. The van der Waals surface area contributed by atoms with Crippen LogP contribution in [-0.2, 0) is 9.47 Å². The molecule has 0 amide bonds. The number of nitrogens with one attached hydrogen (secondary N) is 1. The fraction of sp³-hybridized carbons (Fsp3) is 0.600. The van der Waals surface area contributed by atoms with Gasteiger partial charge in [-0.1, -0.05) is 18.2 Å². The fourth-order valence-corrected chi connectivity index (χ4v) is 2.45. The first kappa shape index (κ1) is 16.1. The Morgan fingerprint density at radius 2 is 2.14 bits per heavy atom. The molecule has 1 aliphatic rings. The van der Waals surface area contributed by atoms with Crippen LogP contribution in [0.1, 0.15) is 24.9 Å². The van der Waals surface area contributed by atoms with Gasteiger partial charge in [-0.15, -0.1) is 0 Å². The van der Waals surface area contributed by atoms with Crippen molar-refractivity contribution in [1.82, 2.24) is 5.32 Å². The number of ether oxygens (including phenoxy) is 3. The van der Waals surface area contributed by atoms with Crippen molar-refractivity contribution in [2.24, 2.45) is 0 Å².